The summed E-state index contributed by atoms with van der Waals surface area (Å²) in [6.45, 7) is 3.37. The van der Waals surface area contributed by atoms with E-state index in [2.05, 4.69) is 0 Å². The SMILES string of the molecule is COc1cc(C)c(C(=O)CCCC(C)=O)cc1Cl. The Bertz CT molecular complexity index is 466. The number of carbonyl (C=O) groups excluding carboxylic acids is 2. The van der Waals surface area contributed by atoms with Crippen LogP contribution in [0.15, 0.2) is 12.1 Å². The molecule has 0 heterocycles. The molecule has 18 heavy (non-hydrogen) atoms. The lowest BCUT2D eigenvalue weighted by Crippen LogP contribution is -2.03. The molecule has 0 radical (unpaired) electrons. The number of rotatable bonds is 6. The number of benzene rings is 1. The fraction of sp³-hybridized carbons (Fsp3) is 0.429. The fourth-order valence-corrected chi connectivity index (χ4v) is 1.99. The number of hydrogen-bond donors (Lipinski definition) is 0. The average Bonchev–Trinajstić information content (AvgIpc) is 2.30. The lowest BCUT2D eigenvalue weighted by atomic mass is 10.00. The molecule has 0 aliphatic rings. The van der Waals surface area contributed by atoms with Gasteiger partial charge < -0.3 is 9.53 Å². The van der Waals surface area contributed by atoms with Gasteiger partial charge >= 0.3 is 0 Å². The molecular weight excluding hydrogens is 252 g/mol. The van der Waals surface area contributed by atoms with Gasteiger partial charge in [-0.25, -0.2) is 0 Å². The smallest absolute Gasteiger partial charge is 0.163 e. The summed E-state index contributed by atoms with van der Waals surface area (Å²) in [5.41, 5.74) is 1.44. The molecule has 0 fully saturated rings. The van der Waals surface area contributed by atoms with Crippen molar-refractivity contribution in [2.45, 2.75) is 33.1 Å². The molecule has 1 aromatic carbocycles. The Labute approximate surface area is 112 Å². The van der Waals surface area contributed by atoms with Crippen molar-refractivity contribution in [3.05, 3.63) is 28.3 Å². The fourth-order valence-electron chi connectivity index (χ4n) is 1.74. The zero-order chi connectivity index (χ0) is 13.7. The van der Waals surface area contributed by atoms with Gasteiger partial charge in [-0.1, -0.05) is 11.6 Å². The topological polar surface area (TPSA) is 43.4 Å². The minimum Gasteiger partial charge on any atom is -0.495 e. The second-order valence-corrected chi connectivity index (χ2v) is 4.69. The van der Waals surface area contributed by atoms with Gasteiger partial charge in [0.1, 0.15) is 11.5 Å². The lowest BCUT2D eigenvalue weighted by molar-refractivity contribution is -0.117. The Balaban J connectivity index is 2.80. The van der Waals surface area contributed by atoms with Crippen molar-refractivity contribution < 1.29 is 14.3 Å². The minimum atomic E-state index is 0.0123. The van der Waals surface area contributed by atoms with Crippen molar-refractivity contribution >= 4 is 23.2 Å². The van der Waals surface area contributed by atoms with E-state index in [0.717, 1.165) is 5.56 Å². The number of carbonyl (C=O) groups is 2. The number of Topliss-reactive ketones (excluding diaryl/α,β-unsaturated/α-hetero) is 2. The standard InChI is InChI=1S/C14H17ClO3/c1-9-7-14(18-3)12(15)8-11(9)13(17)6-4-5-10(2)16/h7-8H,4-6H2,1-3H3. The third-order valence-electron chi connectivity index (χ3n) is 2.73. The molecule has 0 unspecified atom stereocenters. The molecule has 1 aromatic rings. The van der Waals surface area contributed by atoms with E-state index in [-0.39, 0.29) is 11.6 Å². The Morgan fingerprint density at radius 2 is 1.94 bits per heavy atom. The number of ketones is 2. The molecule has 0 aromatic heterocycles. The van der Waals surface area contributed by atoms with Gasteiger partial charge in [0.2, 0.25) is 0 Å². The molecule has 0 aliphatic carbocycles. The van der Waals surface area contributed by atoms with E-state index in [1.165, 1.54) is 14.0 Å². The molecule has 0 bridgehead atoms. The molecule has 98 valence electrons. The first-order valence-electron chi connectivity index (χ1n) is 5.82. The summed E-state index contributed by atoms with van der Waals surface area (Å²) in [6, 6.07) is 3.38. The Kier molecular flexibility index (Phi) is 5.35. The zero-order valence-electron chi connectivity index (χ0n) is 10.9. The molecule has 0 saturated heterocycles. The summed E-state index contributed by atoms with van der Waals surface area (Å²) < 4.78 is 5.09. The molecule has 1 rings (SSSR count). The number of hydrogen-bond acceptors (Lipinski definition) is 3. The highest BCUT2D eigenvalue weighted by Crippen LogP contribution is 2.28. The normalized spacial score (nSPS) is 10.2. The van der Waals surface area contributed by atoms with Crippen molar-refractivity contribution in [3.63, 3.8) is 0 Å². The predicted molar refractivity (Wildman–Crippen MR) is 71.6 cm³/mol. The Morgan fingerprint density at radius 3 is 2.50 bits per heavy atom. The monoisotopic (exact) mass is 268 g/mol. The number of ether oxygens (including phenoxy) is 1. The van der Waals surface area contributed by atoms with Crippen LogP contribution in [-0.4, -0.2) is 18.7 Å². The zero-order valence-corrected chi connectivity index (χ0v) is 11.6. The van der Waals surface area contributed by atoms with E-state index in [4.69, 9.17) is 16.3 Å². The number of aryl methyl sites for hydroxylation is 1. The maximum absolute atomic E-state index is 12.0. The van der Waals surface area contributed by atoms with Crippen LogP contribution in [0.2, 0.25) is 5.02 Å². The maximum Gasteiger partial charge on any atom is 0.163 e. The molecule has 0 N–H and O–H groups in total. The van der Waals surface area contributed by atoms with Crippen LogP contribution in [0, 0.1) is 6.92 Å². The predicted octanol–water partition coefficient (Wildman–Crippen LogP) is 3.60. The summed E-state index contributed by atoms with van der Waals surface area (Å²) >= 11 is 6.00. The van der Waals surface area contributed by atoms with Crippen molar-refractivity contribution in [3.8, 4) is 5.75 Å². The first kappa shape index (κ1) is 14.7. The molecular formula is C14H17ClO3. The van der Waals surface area contributed by atoms with E-state index in [9.17, 15) is 9.59 Å². The third kappa shape index (κ3) is 3.84. The molecule has 0 spiro atoms. The van der Waals surface area contributed by atoms with Gasteiger partial charge in [-0.05, 0) is 38.0 Å². The van der Waals surface area contributed by atoms with E-state index >= 15 is 0 Å². The van der Waals surface area contributed by atoms with Gasteiger partial charge in [-0.15, -0.1) is 0 Å². The van der Waals surface area contributed by atoms with Crippen molar-refractivity contribution in [1.29, 1.82) is 0 Å². The van der Waals surface area contributed by atoms with E-state index in [0.29, 0.717) is 35.6 Å². The summed E-state index contributed by atoms with van der Waals surface area (Å²) in [5, 5.41) is 0.429. The highest BCUT2D eigenvalue weighted by molar-refractivity contribution is 6.32. The first-order chi connectivity index (χ1) is 8.45. The van der Waals surface area contributed by atoms with Gasteiger partial charge in [0.25, 0.3) is 0 Å². The molecule has 3 nitrogen and oxygen atoms in total. The molecule has 0 saturated carbocycles. The molecule has 0 aliphatic heterocycles. The summed E-state index contributed by atoms with van der Waals surface area (Å²) in [7, 11) is 1.54. The second kappa shape index (κ2) is 6.55. The molecule has 4 heteroatoms. The lowest BCUT2D eigenvalue weighted by Gasteiger charge is -2.09. The van der Waals surface area contributed by atoms with Crippen LogP contribution in [0.5, 0.6) is 5.75 Å². The Morgan fingerprint density at radius 1 is 1.28 bits per heavy atom. The van der Waals surface area contributed by atoms with Crippen molar-refractivity contribution in [2.75, 3.05) is 7.11 Å². The largest absolute Gasteiger partial charge is 0.495 e. The summed E-state index contributed by atoms with van der Waals surface area (Å²) in [5.74, 6) is 0.681. The highest BCUT2D eigenvalue weighted by Gasteiger charge is 2.13. The molecule has 0 amide bonds. The van der Waals surface area contributed by atoms with E-state index in [1.54, 1.807) is 12.1 Å². The van der Waals surface area contributed by atoms with Gasteiger partial charge in [-0.2, -0.15) is 0 Å². The van der Waals surface area contributed by atoms with E-state index < -0.39 is 0 Å². The highest BCUT2D eigenvalue weighted by atomic mass is 35.5. The maximum atomic E-state index is 12.0. The minimum absolute atomic E-state index is 0.0123. The number of methoxy groups -OCH3 is 1. The Hall–Kier alpha value is -1.35. The first-order valence-corrected chi connectivity index (χ1v) is 6.20. The van der Waals surface area contributed by atoms with E-state index in [1.807, 2.05) is 6.92 Å². The van der Waals surface area contributed by atoms with Crippen LogP contribution in [-0.2, 0) is 4.79 Å². The third-order valence-corrected chi connectivity index (χ3v) is 3.03. The van der Waals surface area contributed by atoms with Crippen LogP contribution in [0.3, 0.4) is 0 Å². The van der Waals surface area contributed by atoms with Gasteiger partial charge in [0, 0.05) is 18.4 Å². The summed E-state index contributed by atoms with van der Waals surface area (Å²) in [4.78, 5) is 22.8. The molecule has 0 atom stereocenters. The van der Waals surface area contributed by atoms with Crippen LogP contribution in [0.25, 0.3) is 0 Å². The second-order valence-electron chi connectivity index (χ2n) is 4.28. The van der Waals surface area contributed by atoms with Crippen LogP contribution in [0.1, 0.15) is 42.1 Å². The number of halogens is 1. The van der Waals surface area contributed by atoms with Gasteiger partial charge in [0.15, 0.2) is 5.78 Å². The van der Waals surface area contributed by atoms with Gasteiger partial charge in [0.05, 0.1) is 12.1 Å². The summed E-state index contributed by atoms with van der Waals surface area (Å²) in [6.07, 6.45) is 1.38. The van der Waals surface area contributed by atoms with Crippen LogP contribution < -0.4 is 4.74 Å². The van der Waals surface area contributed by atoms with Crippen molar-refractivity contribution in [2.24, 2.45) is 0 Å². The quantitative estimate of drug-likeness (QED) is 0.741. The average molecular weight is 269 g/mol. The van der Waals surface area contributed by atoms with Crippen LogP contribution >= 0.6 is 11.6 Å². The van der Waals surface area contributed by atoms with Crippen LogP contribution in [0.4, 0.5) is 0 Å². The van der Waals surface area contributed by atoms with Crippen molar-refractivity contribution in [1.82, 2.24) is 0 Å². The van der Waals surface area contributed by atoms with Gasteiger partial charge in [-0.3, -0.25) is 4.79 Å².